The number of hydrogen-bond acceptors (Lipinski definition) is 2. The lowest BCUT2D eigenvalue weighted by atomic mass is 10.2. The van der Waals surface area contributed by atoms with Crippen molar-refractivity contribution in [2.24, 2.45) is 0 Å². The van der Waals surface area contributed by atoms with Crippen LogP contribution in [0.2, 0.25) is 0 Å². The number of ether oxygens (including phenoxy) is 1. The molecular formula is C20H23NO2. The second-order valence-electron chi connectivity index (χ2n) is 5.36. The van der Waals surface area contributed by atoms with Gasteiger partial charge in [-0.3, -0.25) is 0 Å². The molecule has 0 amide bonds. The minimum absolute atomic E-state index is 0.227. The van der Waals surface area contributed by atoms with Crippen LogP contribution in [0.1, 0.15) is 24.5 Å². The van der Waals surface area contributed by atoms with Gasteiger partial charge in [0.1, 0.15) is 6.61 Å². The minimum Gasteiger partial charge on any atom is -0.624 e. The van der Waals surface area contributed by atoms with Crippen molar-refractivity contribution >= 4 is 6.21 Å². The molecule has 0 radical (unpaired) electrons. The molecule has 2 aromatic rings. The molecule has 0 N–H and O–H groups in total. The molecule has 0 heterocycles. The molecule has 120 valence electrons. The Morgan fingerprint density at radius 1 is 1.04 bits per heavy atom. The number of nitrogens with zero attached hydrogens (tertiary/aromatic N) is 1. The largest absolute Gasteiger partial charge is 0.624 e. The van der Waals surface area contributed by atoms with Gasteiger partial charge in [-0.25, -0.2) is 4.74 Å². The zero-order valence-corrected chi connectivity index (χ0v) is 13.5. The number of benzene rings is 2. The third-order valence-electron chi connectivity index (χ3n) is 3.50. The first-order valence-electron chi connectivity index (χ1n) is 7.88. The van der Waals surface area contributed by atoms with E-state index in [4.69, 9.17) is 4.74 Å². The SMILES string of the molecule is C/C=C/C[C@H](COCc1ccccc1)/[N+]([O-])=C/c1ccccc1. The molecule has 0 unspecified atom stereocenters. The van der Waals surface area contributed by atoms with E-state index in [1.165, 1.54) is 0 Å². The molecule has 3 heteroatoms. The number of rotatable bonds is 8. The smallest absolute Gasteiger partial charge is 0.189 e. The van der Waals surface area contributed by atoms with Gasteiger partial charge in [0.2, 0.25) is 0 Å². The van der Waals surface area contributed by atoms with E-state index >= 15 is 0 Å². The lowest BCUT2D eigenvalue weighted by Crippen LogP contribution is -2.27. The summed E-state index contributed by atoms with van der Waals surface area (Å²) in [5.41, 5.74) is 2.01. The van der Waals surface area contributed by atoms with Crippen molar-refractivity contribution in [2.75, 3.05) is 6.61 Å². The third-order valence-corrected chi connectivity index (χ3v) is 3.50. The molecule has 0 aliphatic rings. The molecule has 0 aromatic heterocycles. The van der Waals surface area contributed by atoms with Crippen molar-refractivity contribution in [2.45, 2.75) is 26.0 Å². The maximum atomic E-state index is 12.4. The maximum absolute atomic E-state index is 12.4. The van der Waals surface area contributed by atoms with Crippen LogP contribution in [0.4, 0.5) is 0 Å². The molecule has 0 aliphatic carbocycles. The summed E-state index contributed by atoms with van der Waals surface area (Å²) in [5.74, 6) is 0. The fourth-order valence-corrected chi connectivity index (χ4v) is 2.22. The summed E-state index contributed by atoms with van der Waals surface area (Å²) in [4.78, 5) is 0. The zero-order valence-electron chi connectivity index (χ0n) is 13.5. The van der Waals surface area contributed by atoms with E-state index in [1.807, 2.05) is 79.7 Å². The van der Waals surface area contributed by atoms with Crippen LogP contribution < -0.4 is 0 Å². The second-order valence-corrected chi connectivity index (χ2v) is 5.36. The van der Waals surface area contributed by atoms with Gasteiger partial charge in [-0.1, -0.05) is 60.7 Å². The Kier molecular flexibility index (Phi) is 7.08. The van der Waals surface area contributed by atoms with E-state index < -0.39 is 0 Å². The Morgan fingerprint density at radius 3 is 2.35 bits per heavy atom. The van der Waals surface area contributed by atoms with Crippen LogP contribution in [0.3, 0.4) is 0 Å². The second kappa shape index (κ2) is 9.59. The molecule has 1 atom stereocenters. The highest BCUT2D eigenvalue weighted by atomic mass is 16.5. The van der Waals surface area contributed by atoms with Gasteiger partial charge in [0.15, 0.2) is 12.3 Å². The highest BCUT2D eigenvalue weighted by Gasteiger charge is 2.15. The molecule has 3 nitrogen and oxygen atoms in total. The van der Waals surface area contributed by atoms with Gasteiger partial charge in [0, 0.05) is 12.0 Å². The predicted molar refractivity (Wildman–Crippen MR) is 94.6 cm³/mol. The van der Waals surface area contributed by atoms with Crippen molar-refractivity contribution in [3.05, 3.63) is 89.1 Å². The molecule has 0 bridgehead atoms. The van der Waals surface area contributed by atoms with Gasteiger partial charge in [0.05, 0.1) is 6.61 Å². The summed E-state index contributed by atoms with van der Waals surface area (Å²) in [6.45, 7) is 2.87. The average Bonchev–Trinajstić information content (AvgIpc) is 2.59. The fourth-order valence-electron chi connectivity index (χ4n) is 2.22. The van der Waals surface area contributed by atoms with Crippen LogP contribution in [0, 0.1) is 5.21 Å². The van der Waals surface area contributed by atoms with Crippen molar-refractivity contribution < 1.29 is 9.48 Å². The minimum atomic E-state index is -0.227. The Hall–Kier alpha value is -2.39. The van der Waals surface area contributed by atoms with Crippen LogP contribution in [0.5, 0.6) is 0 Å². The number of allylic oxidation sites excluding steroid dienone is 1. The van der Waals surface area contributed by atoms with E-state index in [0.717, 1.165) is 15.9 Å². The average molecular weight is 309 g/mol. The summed E-state index contributed by atoms with van der Waals surface area (Å²) in [6.07, 6.45) is 6.25. The molecule has 0 aliphatic heterocycles. The van der Waals surface area contributed by atoms with Crippen LogP contribution in [-0.4, -0.2) is 23.6 Å². The van der Waals surface area contributed by atoms with Gasteiger partial charge >= 0.3 is 0 Å². The molecule has 2 aromatic carbocycles. The number of hydroxylamine groups is 1. The topological polar surface area (TPSA) is 35.3 Å². The summed E-state index contributed by atoms with van der Waals surface area (Å²) in [6, 6.07) is 19.4. The fraction of sp³-hybridized carbons (Fsp3) is 0.250. The van der Waals surface area contributed by atoms with Gasteiger partial charge < -0.3 is 9.94 Å². The van der Waals surface area contributed by atoms with Crippen LogP contribution in [0.25, 0.3) is 0 Å². The van der Waals surface area contributed by atoms with Gasteiger partial charge in [-0.15, -0.1) is 0 Å². The Bertz CT molecular complexity index is 621. The van der Waals surface area contributed by atoms with Crippen molar-refractivity contribution in [3.63, 3.8) is 0 Å². The van der Waals surface area contributed by atoms with E-state index in [-0.39, 0.29) is 6.04 Å². The van der Waals surface area contributed by atoms with Gasteiger partial charge in [-0.05, 0) is 24.6 Å². The first-order chi connectivity index (χ1) is 11.3. The number of hydrogen-bond donors (Lipinski definition) is 0. The summed E-state index contributed by atoms with van der Waals surface area (Å²) < 4.78 is 6.74. The maximum Gasteiger partial charge on any atom is 0.189 e. The van der Waals surface area contributed by atoms with Crippen molar-refractivity contribution in [1.82, 2.24) is 0 Å². The van der Waals surface area contributed by atoms with Crippen LogP contribution in [0.15, 0.2) is 72.8 Å². The molecule has 0 saturated heterocycles. The molecule has 0 fully saturated rings. The summed E-state index contributed by atoms with van der Waals surface area (Å²) >= 11 is 0. The molecule has 0 saturated carbocycles. The first-order valence-corrected chi connectivity index (χ1v) is 7.88. The highest BCUT2D eigenvalue weighted by Crippen LogP contribution is 2.06. The van der Waals surface area contributed by atoms with Crippen LogP contribution >= 0.6 is 0 Å². The van der Waals surface area contributed by atoms with E-state index in [2.05, 4.69) is 0 Å². The quantitative estimate of drug-likeness (QED) is 0.241. The molecule has 23 heavy (non-hydrogen) atoms. The lowest BCUT2D eigenvalue weighted by molar-refractivity contribution is -0.500. The molecule has 0 spiro atoms. The third kappa shape index (κ3) is 6.09. The standard InChI is InChI=1S/C20H23NO2/c1-2-3-14-20(17-23-16-19-12-8-5-9-13-19)21(22)15-18-10-6-4-7-11-18/h2-13,15,20H,14,16-17H2,1H3/b3-2+,21-15-/t20-/m1/s1. The predicted octanol–water partition coefficient (Wildman–Crippen LogP) is 4.17. The van der Waals surface area contributed by atoms with Gasteiger partial charge in [0.25, 0.3) is 0 Å². The molecule has 2 rings (SSSR count). The van der Waals surface area contributed by atoms with Crippen molar-refractivity contribution in [1.29, 1.82) is 0 Å². The highest BCUT2D eigenvalue weighted by molar-refractivity contribution is 5.75. The molecular weight excluding hydrogens is 286 g/mol. The summed E-state index contributed by atoms with van der Waals surface area (Å²) in [5, 5.41) is 12.4. The van der Waals surface area contributed by atoms with Crippen LogP contribution in [-0.2, 0) is 11.3 Å². The van der Waals surface area contributed by atoms with Crippen molar-refractivity contribution in [3.8, 4) is 0 Å². The Labute approximate surface area is 138 Å². The van der Waals surface area contributed by atoms with E-state index in [1.54, 1.807) is 6.21 Å². The normalized spacial score (nSPS) is 13.3. The monoisotopic (exact) mass is 309 g/mol. The summed E-state index contributed by atoms with van der Waals surface area (Å²) in [7, 11) is 0. The lowest BCUT2D eigenvalue weighted by Gasteiger charge is -2.16. The Morgan fingerprint density at radius 2 is 1.70 bits per heavy atom. The van der Waals surface area contributed by atoms with E-state index in [9.17, 15) is 5.21 Å². The Balaban J connectivity index is 1.97. The first kappa shape index (κ1) is 17.0. The zero-order chi connectivity index (χ0) is 16.3. The van der Waals surface area contributed by atoms with E-state index in [0.29, 0.717) is 19.6 Å². The van der Waals surface area contributed by atoms with Gasteiger partial charge in [-0.2, -0.15) is 0 Å².